The van der Waals surface area contributed by atoms with Crippen LogP contribution >= 0.6 is 0 Å². The molecule has 2 aromatic rings. The molecule has 2 aliphatic rings. The van der Waals surface area contributed by atoms with Gasteiger partial charge in [-0.25, -0.2) is 9.78 Å². The van der Waals surface area contributed by atoms with Crippen molar-refractivity contribution in [2.24, 2.45) is 5.92 Å². The number of carboxylic acids is 1. The first-order valence-corrected chi connectivity index (χ1v) is 7.90. The van der Waals surface area contributed by atoms with Crippen LogP contribution in [-0.2, 0) is 0 Å². The molecule has 0 radical (unpaired) electrons. The second-order valence-corrected chi connectivity index (χ2v) is 6.60. The van der Waals surface area contributed by atoms with Crippen LogP contribution in [0.15, 0.2) is 18.2 Å². The summed E-state index contributed by atoms with van der Waals surface area (Å²) in [5.41, 5.74) is 2.31. The molecule has 2 unspecified atom stereocenters. The van der Waals surface area contributed by atoms with E-state index >= 15 is 0 Å². The van der Waals surface area contributed by atoms with E-state index in [9.17, 15) is 9.90 Å². The van der Waals surface area contributed by atoms with Gasteiger partial charge in [-0.2, -0.15) is 0 Å². The van der Waals surface area contributed by atoms with E-state index < -0.39 is 5.97 Å². The number of fused-ring (bicyclic) bond motifs is 1. The molecule has 110 valence electrons. The summed E-state index contributed by atoms with van der Waals surface area (Å²) in [5.74, 6) is 1.55. The minimum atomic E-state index is -0.864. The van der Waals surface area contributed by atoms with Gasteiger partial charge in [-0.3, -0.25) is 0 Å². The summed E-state index contributed by atoms with van der Waals surface area (Å²) >= 11 is 0. The Morgan fingerprint density at radius 2 is 2.10 bits per heavy atom. The summed E-state index contributed by atoms with van der Waals surface area (Å²) < 4.78 is 2.37. The number of benzene rings is 1. The van der Waals surface area contributed by atoms with E-state index in [1.165, 1.54) is 37.9 Å². The van der Waals surface area contributed by atoms with E-state index in [0.717, 1.165) is 11.0 Å². The molecule has 1 aromatic heterocycles. The van der Waals surface area contributed by atoms with Crippen LogP contribution in [-0.4, -0.2) is 20.6 Å². The number of aromatic carboxylic acids is 1. The lowest BCUT2D eigenvalue weighted by atomic mass is 10.1. The maximum atomic E-state index is 11.3. The van der Waals surface area contributed by atoms with Gasteiger partial charge in [-0.1, -0.05) is 13.3 Å². The van der Waals surface area contributed by atoms with Gasteiger partial charge < -0.3 is 9.67 Å². The van der Waals surface area contributed by atoms with Crippen LogP contribution in [0.1, 0.15) is 67.2 Å². The first kappa shape index (κ1) is 12.9. The summed E-state index contributed by atoms with van der Waals surface area (Å²) in [6.45, 7) is 2.31. The molecule has 0 amide bonds. The van der Waals surface area contributed by atoms with Gasteiger partial charge in [0, 0.05) is 12.0 Å². The van der Waals surface area contributed by atoms with E-state index in [-0.39, 0.29) is 0 Å². The van der Waals surface area contributed by atoms with Gasteiger partial charge in [0.2, 0.25) is 0 Å². The van der Waals surface area contributed by atoms with Crippen LogP contribution in [0, 0.1) is 5.92 Å². The molecular weight excluding hydrogens is 264 g/mol. The number of carboxylic acid groups (broad SMARTS) is 1. The molecule has 2 fully saturated rings. The zero-order chi connectivity index (χ0) is 14.6. The summed E-state index contributed by atoms with van der Waals surface area (Å²) in [5, 5.41) is 9.25. The summed E-state index contributed by atoms with van der Waals surface area (Å²) in [4.78, 5) is 16.1. The molecular formula is C17H20N2O2. The van der Waals surface area contributed by atoms with Crippen LogP contribution in [0.5, 0.6) is 0 Å². The highest BCUT2D eigenvalue weighted by molar-refractivity contribution is 5.92. The second-order valence-electron chi connectivity index (χ2n) is 6.60. The highest BCUT2D eigenvalue weighted by Crippen LogP contribution is 2.45. The van der Waals surface area contributed by atoms with Crippen molar-refractivity contribution in [1.29, 1.82) is 0 Å². The summed E-state index contributed by atoms with van der Waals surface area (Å²) in [6.07, 6.45) is 6.14. The second kappa shape index (κ2) is 4.58. The van der Waals surface area contributed by atoms with Gasteiger partial charge >= 0.3 is 5.97 Å². The predicted octanol–water partition coefficient (Wildman–Crippen LogP) is 3.97. The lowest BCUT2D eigenvalue weighted by molar-refractivity contribution is 0.0697. The first-order chi connectivity index (χ1) is 10.1. The fourth-order valence-corrected chi connectivity index (χ4v) is 3.73. The van der Waals surface area contributed by atoms with Crippen LogP contribution in [0.2, 0.25) is 0 Å². The van der Waals surface area contributed by atoms with Crippen molar-refractivity contribution in [3.8, 4) is 0 Å². The van der Waals surface area contributed by atoms with Crippen molar-refractivity contribution in [1.82, 2.24) is 9.55 Å². The maximum absolute atomic E-state index is 11.3. The Hall–Kier alpha value is -1.84. The molecule has 1 N–H and O–H groups in total. The zero-order valence-electron chi connectivity index (χ0n) is 12.2. The SMILES string of the molecule is CC1CCCC1n1c(C2CC2)nc2ccc(C(=O)O)cc21. The number of carbonyl (C=O) groups is 1. The van der Waals surface area contributed by atoms with Crippen LogP contribution in [0.4, 0.5) is 0 Å². The number of nitrogens with zero attached hydrogens (tertiary/aromatic N) is 2. The van der Waals surface area contributed by atoms with Gasteiger partial charge in [0.15, 0.2) is 0 Å². The normalized spacial score (nSPS) is 25.6. The molecule has 2 atom stereocenters. The van der Waals surface area contributed by atoms with Gasteiger partial charge in [0.05, 0.1) is 16.6 Å². The molecule has 2 saturated carbocycles. The van der Waals surface area contributed by atoms with Gasteiger partial charge in [0.1, 0.15) is 5.82 Å². The molecule has 1 aromatic carbocycles. The minimum Gasteiger partial charge on any atom is -0.478 e. The zero-order valence-corrected chi connectivity index (χ0v) is 12.2. The van der Waals surface area contributed by atoms with Crippen molar-refractivity contribution < 1.29 is 9.90 Å². The van der Waals surface area contributed by atoms with Crippen molar-refractivity contribution >= 4 is 17.0 Å². The molecule has 2 aliphatic carbocycles. The number of hydrogen-bond donors (Lipinski definition) is 1. The third-order valence-electron chi connectivity index (χ3n) is 5.05. The molecule has 4 rings (SSSR count). The van der Waals surface area contributed by atoms with Crippen LogP contribution < -0.4 is 0 Å². The third kappa shape index (κ3) is 2.04. The van der Waals surface area contributed by atoms with Crippen molar-refractivity contribution in [3.05, 3.63) is 29.6 Å². The van der Waals surface area contributed by atoms with Crippen molar-refractivity contribution in [2.75, 3.05) is 0 Å². The highest BCUT2D eigenvalue weighted by atomic mass is 16.4. The van der Waals surface area contributed by atoms with Crippen molar-refractivity contribution in [2.45, 2.75) is 51.0 Å². The molecule has 21 heavy (non-hydrogen) atoms. The summed E-state index contributed by atoms with van der Waals surface area (Å²) in [7, 11) is 0. The van der Waals surface area contributed by atoms with Crippen LogP contribution in [0.25, 0.3) is 11.0 Å². The summed E-state index contributed by atoms with van der Waals surface area (Å²) in [6, 6.07) is 5.81. The quantitative estimate of drug-likeness (QED) is 0.927. The molecule has 4 heteroatoms. The Morgan fingerprint density at radius 3 is 2.71 bits per heavy atom. The average molecular weight is 284 g/mol. The lowest BCUT2D eigenvalue weighted by Gasteiger charge is -2.21. The maximum Gasteiger partial charge on any atom is 0.335 e. The number of aromatic nitrogens is 2. The van der Waals surface area contributed by atoms with E-state index in [1.807, 2.05) is 12.1 Å². The van der Waals surface area contributed by atoms with Crippen molar-refractivity contribution in [3.63, 3.8) is 0 Å². The smallest absolute Gasteiger partial charge is 0.335 e. The average Bonchev–Trinajstić information content (AvgIpc) is 3.12. The van der Waals surface area contributed by atoms with Crippen LogP contribution in [0.3, 0.4) is 0 Å². The minimum absolute atomic E-state index is 0.358. The largest absolute Gasteiger partial charge is 0.478 e. The molecule has 0 aliphatic heterocycles. The van der Waals surface area contributed by atoms with E-state index in [1.54, 1.807) is 6.07 Å². The van der Waals surface area contributed by atoms with Gasteiger partial charge in [-0.05, 0) is 49.8 Å². The molecule has 0 spiro atoms. The monoisotopic (exact) mass is 284 g/mol. The third-order valence-corrected chi connectivity index (χ3v) is 5.05. The number of rotatable bonds is 3. The number of imidazole rings is 1. The Bertz CT molecular complexity index is 715. The first-order valence-electron chi connectivity index (χ1n) is 7.90. The van der Waals surface area contributed by atoms with E-state index in [4.69, 9.17) is 4.98 Å². The standard InChI is InChI=1S/C17H20N2O2/c1-10-3-2-4-14(10)19-15-9-12(17(20)21)7-8-13(15)18-16(19)11-5-6-11/h7-11,14H,2-6H2,1H3,(H,20,21). The fourth-order valence-electron chi connectivity index (χ4n) is 3.73. The number of hydrogen-bond acceptors (Lipinski definition) is 2. The Balaban J connectivity index is 1.93. The highest BCUT2D eigenvalue weighted by Gasteiger charge is 2.35. The lowest BCUT2D eigenvalue weighted by Crippen LogP contribution is -2.14. The predicted molar refractivity (Wildman–Crippen MR) is 80.7 cm³/mol. The Kier molecular flexibility index (Phi) is 2.81. The Labute approximate surface area is 123 Å². The molecule has 1 heterocycles. The van der Waals surface area contributed by atoms with E-state index in [0.29, 0.717) is 23.4 Å². The molecule has 4 nitrogen and oxygen atoms in total. The molecule has 0 saturated heterocycles. The fraction of sp³-hybridized carbons (Fsp3) is 0.529. The topological polar surface area (TPSA) is 55.1 Å². The molecule has 0 bridgehead atoms. The van der Waals surface area contributed by atoms with Gasteiger partial charge in [-0.15, -0.1) is 0 Å². The Morgan fingerprint density at radius 1 is 1.29 bits per heavy atom. The van der Waals surface area contributed by atoms with E-state index in [2.05, 4.69) is 11.5 Å². The van der Waals surface area contributed by atoms with Gasteiger partial charge in [0.25, 0.3) is 0 Å².